The number of fused-ring (bicyclic) bond motifs is 9. The molecule has 4 aromatic heterocycles. The Balaban J connectivity index is 1.10. The minimum Gasteiger partial charge on any atom is -0.455 e. The van der Waals surface area contributed by atoms with Gasteiger partial charge in [-0.15, -0.1) is 11.3 Å². The van der Waals surface area contributed by atoms with Crippen molar-refractivity contribution in [1.82, 2.24) is 19.5 Å². The number of thiophene rings is 1. The minimum absolute atomic E-state index is 0.576. The number of hydrogen-bond donors (Lipinski definition) is 0. The van der Waals surface area contributed by atoms with E-state index in [2.05, 4.69) is 120 Å². The summed E-state index contributed by atoms with van der Waals surface area (Å²) in [6, 6.07) is 54.9. The van der Waals surface area contributed by atoms with E-state index in [1.54, 1.807) is 0 Å². The van der Waals surface area contributed by atoms with Crippen molar-refractivity contribution in [1.29, 1.82) is 0 Å². The maximum absolute atomic E-state index is 6.62. The van der Waals surface area contributed by atoms with Crippen LogP contribution < -0.4 is 0 Å². The van der Waals surface area contributed by atoms with E-state index in [4.69, 9.17) is 19.4 Å². The van der Waals surface area contributed by atoms with Gasteiger partial charge in [0, 0.05) is 58.4 Å². The van der Waals surface area contributed by atoms with E-state index in [0.29, 0.717) is 17.6 Å². The molecule has 0 aliphatic heterocycles. The third-order valence-corrected chi connectivity index (χ3v) is 11.0. The van der Waals surface area contributed by atoms with Gasteiger partial charge in [0.15, 0.2) is 11.6 Å². The molecule has 0 saturated heterocycles. The molecule has 0 bridgehead atoms. The molecule has 11 rings (SSSR count). The zero-order valence-electron chi connectivity index (χ0n) is 27.1. The molecule has 7 aromatic carbocycles. The molecule has 238 valence electrons. The molecule has 51 heavy (non-hydrogen) atoms. The van der Waals surface area contributed by atoms with Gasteiger partial charge >= 0.3 is 0 Å². The molecule has 0 fully saturated rings. The molecule has 0 atom stereocenters. The maximum atomic E-state index is 6.62. The predicted octanol–water partition coefficient (Wildman–Crippen LogP) is 12.2. The molecule has 0 radical (unpaired) electrons. The lowest BCUT2D eigenvalue weighted by molar-refractivity contribution is 0.670. The Bertz CT molecular complexity index is 3100. The number of aromatic nitrogens is 4. The normalized spacial score (nSPS) is 11.9. The first-order valence-corrected chi connectivity index (χ1v) is 17.8. The van der Waals surface area contributed by atoms with E-state index >= 15 is 0 Å². The Morgan fingerprint density at radius 2 is 1.08 bits per heavy atom. The van der Waals surface area contributed by atoms with Crippen LogP contribution in [0.5, 0.6) is 0 Å². The highest BCUT2D eigenvalue weighted by atomic mass is 32.1. The Hall–Kier alpha value is -6.63. The van der Waals surface area contributed by atoms with Crippen LogP contribution in [0.25, 0.3) is 104 Å². The highest BCUT2D eigenvalue weighted by Crippen LogP contribution is 2.41. The second kappa shape index (κ2) is 10.9. The Morgan fingerprint density at radius 1 is 0.431 bits per heavy atom. The summed E-state index contributed by atoms with van der Waals surface area (Å²) in [5.74, 6) is 1.80. The summed E-state index contributed by atoms with van der Waals surface area (Å²) in [7, 11) is 0. The van der Waals surface area contributed by atoms with E-state index in [1.165, 1.54) is 20.2 Å². The predicted molar refractivity (Wildman–Crippen MR) is 211 cm³/mol. The first-order chi connectivity index (χ1) is 25.3. The third-order valence-electron chi connectivity index (χ3n) is 9.88. The van der Waals surface area contributed by atoms with Crippen LogP contribution in [0.15, 0.2) is 162 Å². The summed E-state index contributed by atoms with van der Waals surface area (Å²) >= 11 is 1.83. The van der Waals surface area contributed by atoms with Crippen LogP contribution >= 0.6 is 11.3 Å². The van der Waals surface area contributed by atoms with Crippen molar-refractivity contribution in [2.45, 2.75) is 0 Å². The van der Waals surface area contributed by atoms with Crippen molar-refractivity contribution < 1.29 is 4.42 Å². The van der Waals surface area contributed by atoms with Crippen LogP contribution in [0.4, 0.5) is 0 Å². The van der Waals surface area contributed by atoms with Gasteiger partial charge in [-0.2, -0.15) is 9.97 Å². The van der Waals surface area contributed by atoms with Gasteiger partial charge in [-0.1, -0.05) is 115 Å². The number of furan rings is 1. The Kier molecular flexibility index (Phi) is 6.05. The molecular weight excluding hydrogens is 645 g/mol. The molecular formula is C45H26N4OS. The molecule has 0 amide bonds. The molecule has 0 N–H and O–H groups in total. The number of para-hydroxylation sites is 3. The largest absolute Gasteiger partial charge is 0.455 e. The number of benzene rings is 7. The zero-order valence-corrected chi connectivity index (χ0v) is 27.9. The van der Waals surface area contributed by atoms with Crippen LogP contribution in [0.2, 0.25) is 0 Å². The number of nitrogens with zero attached hydrogens (tertiary/aromatic N) is 4. The fourth-order valence-corrected chi connectivity index (χ4v) is 8.65. The fraction of sp³-hybridized carbons (Fsp3) is 0. The second-order valence-electron chi connectivity index (χ2n) is 12.8. The van der Waals surface area contributed by atoms with Gasteiger partial charge in [-0.05, 0) is 48.0 Å². The van der Waals surface area contributed by atoms with E-state index in [9.17, 15) is 0 Å². The van der Waals surface area contributed by atoms with E-state index < -0.39 is 0 Å². The average molecular weight is 671 g/mol. The molecule has 0 saturated carbocycles. The van der Waals surface area contributed by atoms with Crippen molar-refractivity contribution in [2.75, 3.05) is 0 Å². The lowest BCUT2D eigenvalue weighted by Gasteiger charge is -2.11. The van der Waals surface area contributed by atoms with Crippen molar-refractivity contribution >= 4 is 75.3 Å². The summed E-state index contributed by atoms with van der Waals surface area (Å²) in [5.41, 5.74) is 7.83. The van der Waals surface area contributed by atoms with E-state index in [-0.39, 0.29) is 0 Å². The van der Waals surface area contributed by atoms with Crippen LogP contribution in [-0.4, -0.2) is 19.5 Å². The average Bonchev–Trinajstić information content (AvgIpc) is 3.87. The summed E-state index contributed by atoms with van der Waals surface area (Å²) in [5, 5.41) is 6.98. The molecule has 6 heteroatoms. The third kappa shape index (κ3) is 4.37. The van der Waals surface area contributed by atoms with Gasteiger partial charge < -0.3 is 4.42 Å². The molecule has 0 aliphatic rings. The Morgan fingerprint density at radius 3 is 1.88 bits per heavy atom. The maximum Gasteiger partial charge on any atom is 0.238 e. The minimum atomic E-state index is 0.576. The molecule has 0 unspecified atom stereocenters. The van der Waals surface area contributed by atoms with Gasteiger partial charge in [0.2, 0.25) is 5.95 Å². The molecule has 4 heterocycles. The van der Waals surface area contributed by atoms with Gasteiger partial charge in [0.05, 0.1) is 11.0 Å². The van der Waals surface area contributed by atoms with Gasteiger partial charge in [0.1, 0.15) is 11.2 Å². The van der Waals surface area contributed by atoms with Crippen molar-refractivity contribution in [3.63, 3.8) is 0 Å². The van der Waals surface area contributed by atoms with Crippen LogP contribution in [0, 0.1) is 0 Å². The van der Waals surface area contributed by atoms with E-state index in [1.807, 2.05) is 53.8 Å². The SMILES string of the molecule is c1ccc(-c2nc(-c3ccc4oc5c(-c6ccc7c(c6)sc6ccccc67)cccc5c4c3)nc(-n3c4ccccc4c4ccccc43)n2)cc1. The second-order valence-corrected chi connectivity index (χ2v) is 13.9. The summed E-state index contributed by atoms with van der Waals surface area (Å²) < 4.78 is 11.3. The quantitative estimate of drug-likeness (QED) is 0.187. The van der Waals surface area contributed by atoms with Crippen LogP contribution in [0.3, 0.4) is 0 Å². The topological polar surface area (TPSA) is 56.7 Å². The highest BCUT2D eigenvalue weighted by molar-refractivity contribution is 7.25. The molecule has 0 spiro atoms. The molecule has 5 nitrogen and oxygen atoms in total. The lowest BCUT2D eigenvalue weighted by atomic mass is 10.0. The Labute approximate surface area is 295 Å². The van der Waals surface area contributed by atoms with Crippen molar-refractivity contribution in [3.8, 4) is 39.9 Å². The highest BCUT2D eigenvalue weighted by Gasteiger charge is 2.19. The lowest BCUT2D eigenvalue weighted by Crippen LogP contribution is -2.06. The first kappa shape index (κ1) is 28.2. The van der Waals surface area contributed by atoms with Gasteiger partial charge in [0.25, 0.3) is 0 Å². The van der Waals surface area contributed by atoms with Crippen LogP contribution in [-0.2, 0) is 0 Å². The van der Waals surface area contributed by atoms with Gasteiger partial charge in [-0.3, -0.25) is 4.57 Å². The zero-order chi connectivity index (χ0) is 33.5. The smallest absolute Gasteiger partial charge is 0.238 e. The first-order valence-electron chi connectivity index (χ1n) is 16.9. The number of hydrogen-bond acceptors (Lipinski definition) is 5. The van der Waals surface area contributed by atoms with Gasteiger partial charge in [-0.25, -0.2) is 4.98 Å². The summed E-state index contributed by atoms with van der Waals surface area (Å²) in [6.07, 6.45) is 0. The fourth-order valence-electron chi connectivity index (χ4n) is 7.51. The molecule has 11 aromatic rings. The standard InChI is InChI=1S/C45H26N4OS/c1-2-11-27(12-3-1)43-46-44(48-45(47-43)49-37-18-7-4-13-31(37)32-14-5-8-19-38(32)49)29-22-24-39-36(25-29)35-17-10-16-30(42(35)50-39)28-21-23-34-33-15-6-9-20-40(33)51-41(34)26-28/h1-26H. The summed E-state index contributed by atoms with van der Waals surface area (Å²) in [6.45, 7) is 0. The van der Waals surface area contributed by atoms with E-state index in [0.717, 1.165) is 66.0 Å². The monoisotopic (exact) mass is 670 g/mol. The van der Waals surface area contributed by atoms with Crippen LogP contribution in [0.1, 0.15) is 0 Å². The molecule has 0 aliphatic carbocycles. The van der Waals surface area contributed by atoms with Crippen molar-refractivity contribution in [2.24, 2.45) is 0 Å². The summed E-state index contributed by atoms with van der Waals surface area (Å²) in [4.78, 5) is 15.3. The van der Waals surface area contributed by atoms with Crippen molar-refractivity contribution in [3.05, 3.63) is 158 Å². The number of rotatable bonds is 4.